The van der Waals surface area contributed by atoms with Crippen LogP contribution in [0, 0.1) is 6.92 Å². The smallest absolute Gasteiger partial charge is 0.277 e. The molecule has 0 bridgehead atoms. The minimum Gasteiger partial charge on any atom is -0.416 e. The van der Waals surface area contributed by atoms with Crippen LogP contribution in [0.2, 0.25) is 0 Å². The van der Waals surface area contributed by atoms with Gasteiger partial charge < -0.3 is 8.94 Å². The Balaban J connectivity index is 1.36. The summed E-state index contributed by atoms with van der Waals surface area (Å²) in [6.07, 6.45) is 0.544. The molecule has 0 saturated carbocycles. The number of nitrogens with zero attached hydrogens (tertiary/aromatic N) is 5. The summed E-state index contributed by atoms with van der Waals surface area (Å²) in [5.74, 6) is 2.19. The van der Waals surface area contributed by atoms with E-state index in [1.54, 1.807) is 22.7 Å². The van der Waals surface area contributed by atoms with Crippen molar-refractivity contribution in [3.63, 3.8) is 0 Å². The van der Waals surface area contributed by atoms with E-state index in [0.29, 0.717) is 35.0 Å². The number of thioether (sulfide) groups is 1. The Bertz CT molecular complexity index is 928. The van der Waals surface area contributed by atoms with Gasteiger partial charge >= 0.3 is 0 Å². The molecule has 0 N–H and O–H groups in total. The normalized spacial score (nSPS) is 11.2. The van der Waals surface area contributed by atoms with Crippen LogP contribution >= 0.6 is 34.4 Å². The van der Waals surface area contributed by atoms with Crippen molar-refractivity contribution < 1.29 is 8.94 Å². The van der Waals surface area contributed by atoms with E-state index in [0.717, 1.165) is 15.6 Å². The molecule has 4 rings (SSSR count). The zero-order valence-corrected chi connectivity index (χ0v) is 15.0. The van der Waals surface area contributed by atoms with E-state index in [2.05, 4.69) is 25.3 Å². The molecule has 0 aliphatic carbocycles. The van der Waals surface area contributed by atoms with Gasteiger partial charge in [0.15, 0.2) is 5.82 Å². The van der Waals surface area contributed by atoms with Gasteiger partial charge in [0.25, 0.3) is 11.1 Å². The lowest BCUT2D eigenvalue weighted by atomic mass is 10.3. The van der Waals surface area contributed by atoms with Gasteiger partial charge in [0, 0.05) is 5.38 Å². The molecule has 0 aliphatic heterocycles. The summed E-state index contributed by atoms with van der Waals surface area (Å²) in [6.45, 7) is 1.97. The number of thiophene rings is 1. The monoisotopic (exact) mass is 377 g/mol. The van der Waals surface area contributed by atoms with Crippen LogP contribution in [0.4, 0.5) is 0 Å². The summed E-state index contributed by atoms with van der Waals surface area (Å²) >= 11 is 4.55. The number of hydrogen-bond donors (Lipinski definition) is 0. The van der Waals surface area contributed by atoms with Crippen molar-refractivity contribution in [1.29, 1.82) is 0 Å². The quantitative estimate of drug-likeness (QED) is 0.468. The minimum atomic E-state index is 0.486. The van der Waals surface area contributed by atoms with Crippen molar-refractivity contribution >= 4 is 34.4 Å². The van der Waals surface area contributed by atoms with Gasteiger partial charge in [-0.15, -0.1) is 32.9 Å². The van der Waals surface area contributed by atoms with E-state index in [4.69, 9.17) is 8.94 Å². The van der Waals surface area contributed by atoms with E-state index in [1.165, 1.54) is 11.8 Å². The van der Waals surface area contributed by atoms with Crippen molar-refractivity contribution in [1.82, 2.24) is 25.3 Å². The second-order valence-corrected chi connectivity index (χ2v) is 7.71. The van der Waals surface area contributed by atoms with E-state index < -0.39 is 0 Å². The Labute approximate surface area is 149 Å². The third-order valence-electron chi connectivity index (χ3n) is 2.97. The van der Waals surface area contributed by atoms with Crippen LogP contribution in [0.5, 0.6) is 0 Å². The van der Waals surface area contributed by atoms with Gasteiger partial charge in [0.05, 0.1) is 27.8 Å². The highest BCUT2D eigenvalue weighted by Crippen LogP contribution is 2.25. The second-order valence-electron chi connectivity index (χ2n) is 4.78. The molecule has 0 amide bonds. The highest BCUT2D eigenvalue weighted by molar-refractivity contribution is 7.98. The molecular weight excluding hydrogens is 366 g/mol. The van der Waals surface area contributed by atoms with Crippen LogP contribution in [0.1, 0.15) is 22.4 Å². The minimum absolute atomic E-state index is 0.486. The summed E-state index contributed by atoms with van der Waals surface area (Å²) in [6, 6.07) is 3.89. The summed E-state index contributed by atoms with van der Waals surface area (Å²) in [7, 11) is 0. The molecule has 0 fully saturated rings. The SMILES string of the molecule is Cc1nc(Cc2nnc(SCc3noc(-c4cccs4)n3)o2)cs1. The van der Waals surface area contributed by atoms with Crippen molar-refractivity contribution in [2.45, 2.75) is 24.3 Å². The van der Waals surface area contributed by atoms with E-state index in [9.17, 15) is 0 Å². The molecule has 0 unspecified atom stereocenters. The Hall–Kier alpha value is -2.04. The third kappa shape index (κ3) is 3.55. The summed E-state index contributed by atoms with van der Waals surface area (Å²) in [4.78, 5) is 9.70. The molecule has 7 nitrogen and oxygen atoms in total. The molecule has 0 radical (unpaired) electrons. The Morgan fingerprint density at radius 2 is 2.17 bits per heavy atom. The van der Waals surface area contributed by atoms with Crippen molar-refractivity contribution in [2.24, 2.45) is 0 Å². The molecule has 0 saturated heterocycles. The predicted octanol–water partition coefficient (Wildman–Crippen LogP) is 3.83. The lowest BCUT2D eigenvalue weighted by molar-refractivity contribution is 0.418. The van der Waals surface area contributed by atoms with Gasteiger partial charge in [-0.2, -0.15) is 4.98 Å². The second kappa shape index (κ2) is 6.83. The molecular formula is C14H11N5O2S3. The van der Waals surface area contributed by atoms with Crippen LogP contribution in [0.3, 0.4) is 0 Å². The number of aryl methyl sites for hydroxylation is 1. The van der Waals surface area contributed by atoms with Gasteiger partial charge in [-0.1, -0.05) is 23.0 Å². The van der Waals surface area contributed by atoms with Crippen molar-refractivity contribution in [2.75, 3.05) is 0 Å². The third-order valence-corrected chi connectivity index (χ3v) is 5.47. The molecule has 10 heteroatoms. The Morgan fingerprint density at radius 3 is 2.96 bits per heavy atom. The maximum absolute atomic E-state index is 5.62. The molecule has 0 atom stereocenters. The zero-order valence-electron chi connectivity index (χ0n) is 12.5. The average molecular weight is 377 g/mol. The lowest BCUT2D eigenvalue weighted by Crippen LogP contribution is -1.88. The summed E-state index contributed by atoms with van der Waals surface area (Å²) in [5.41, 5.74) is 0.941. The van der Waals surface area contributed by atoms with Crippen LogP contribution in [0.15, 0.2) is 37.1 Å². The number of rotatable bonds is 6. The number of hydrogen-bond acceptors (Lipinski definition) is 10. The highest BCUT2D eigenvalue weighted by Gasteiger charge is 2.13. The summed E-state index contributed by atoms with van der Waals surface area (Å²) in [5, 5.41) is 17.5. The molecule has 4 aromatic rings. The predicted molar refractivity (Wildman–Crippen MR) is 91.1 cm³/mol. The average Bonchev–Trinajstić information content (AvgIpc) is 3.34. The topological polar surface area (TPSA) is 90.7 Å². The first-order valence-electron chi connectivity index (χ1n) is 6.99. The molecule has 24 heavy (non-hydrogen) atoms. The molecule has 4 aromatic heterocycles. The largest absolute Gasteiger partial charge is 0.416 e. The van der Waals surface area contributed by atoms with E-state index in [-0.39, 0.29) is 0 Å². The van der Waals surface area contributed by atoms with Gasteiger partial charge in [-0.3, -0.25) is 0 Å². The Morgan fingerprint density at radius 1 is 1.21 bits per heavy atom. The molecule has 122 valence electrons. The van der Waals surface area contributed by atoms with Crippen molar-refractivity contribution in [3.8, 4) is 10.8 Å². The molecule has 0 spiro atoms. The van der Waals surface area contributed by atoms with Crippen LogP contribution < -0.4 is 0 Å². The van der Waals surface area contributed by atoms with Crippen LogP contribution in [-0.4, -0.2) is 25.3 Å². The van der Waals surface area contributed by atoms with Crippen LogP contribution in [-0.2, 0) is 12.2 Å². The number of aromatic nitrogens is 5. The highest BCUT2D eigenvalue weighted by atomic mass is 32.2. The molecule has 0 aliphatic rings. The van der Waals surface area contributed by atoms with Crippen molar-refractivity contribution in [3.05, 3.63) is 45.3 Å². The first-order valence-corrected chi connectivity index (χ1v) is 9.73. The number of thiazole rings is 1. The fourth-order valence-electron chi connectivity index (χ4n) is 1.95. The fraction of sp³-hybridized carbons (Fsp3) is 0.214. The van der Waals surface area contributed by atoms with E-state index >= 15 is 0 Å². The molecule has 0 aromatic carbocycles. The first-order chi connectivity index (χ1) is 11.8. The summed E-state index contributed by atoms with van der Waals surface area (Å²) < 4.78 is 10.9. The van der Waals surface area contributed by atoms with Crippen LogP contribution in [0.25, 0.3) is 10.8 Å². The molecule has 4 heterocycles. The van der Waals surface area contributed by atoms with Gasteiger partial charge in [0.1, 0.15) is 0 Å². The lowest BCUT2D eigenvalue weighted by Gasteiger charge is -1.90. The Kier molecular flexibility index (Phi) is 4.41. The zero-order chi connectivity index (χ0) is 16.4. The van der Waals surface area contributed by atoms with Gasteiger partial charge in [0.2, 0.25) is 5.89 Å². The maximum atomic E-state index is 5.62. The van der Waals surface area contributed by atoms with E-state index in [1.807, 2.05) is 29.8 Å². The standard InChI is InChI=1S/C14H11N5O2S3/c1-8-15-9(6-23-8)5-12-17-18-14(20-12)24-7-11-16-13(21-19-11)10-3-2-4-22-10/h2-4,6H,5,7H2,1H3. The maximum Gasteiger partial charge on any atom is 0.277 e. The fourth-order valence-corrected chi connectivity index (χ4v) is 3.83. The first kappa shape index (κ1) is 15.5. The van der Waals surface area contributed by atoms with Gasteiger partial charge in [-0.25, -0.2) is 4.98 Å². The van der Waals surface area contributed by atoms with Gasteiger partial charge in [-0.05, 0) is 18.4 Å².